The van der Waals surface area contributed by atoms with Gasteiger partial charge in [-0.2, -0.15) is 0 Å². The van der Waals surface area contributed by atoms with Crippen LogP contribution in [-0.2, 0) is 24.3 Å². The van der Waals surface area contributed by atoms with Crippen molar-refractivity contribution in [1.29, 1.82) is 0 Å². The Labute approximate surface area is 160 Å². The van der Waals surface area contributed by atoms with E-state index in [-0.39, 0.29) is 5.91 Å². The molecule has 0 unspecified atom stereocenters. The van der Waals surface area contributed by atoms with E-state index in [1.807, 2.05) is 11.9 Å². The standard InChI is InChI=1S/C22H26N4O/c1-23-22(26-14-12-19-5-2-3-6-20(19)26)24-15-17-8-10-18(11-9-17)16-25-13-4-7-21(25)27/h2-3,5-6,8-11H,4,7,12-16H2,1H3,(H,23,24). The number of likely N-dealkylation sites (tertiary alicyclic amines) is 1. The molecule has 0 saturated carbocycles. The van der Waals surface area contributed by atoms with Gasteiger partial charge in [0.2, 0.25) is 5.91 Å². The fourth-order valence-electron chi connectivity index (χ4n) is 3.89. The van der Waals surface area contributed by atoms with Gasteiger partial charge in [0, 0.05) is 45.3 Å². The third kappa shape index (κ3) is 3.82. The second-order valence-corrected chi connectivity index (χ2v) is 7.17. The minimum Gasteiger partial charge on any atom is -0.352 e. The summed E-state index contributed by atoms with van der Waals surface area (Å²) in [5.41, 5.74) is 5.02. The predicted octanol–water partition coefficient (Wildman–Crippen LogP) is 2.95. The Balaban J connectivity index is 1.36. The molecule has 140 valence electrons. The number of rotatable bonds is 4. The molecule has 0 spiro atoms. The second-order valence-electron chi connectivity index (χ2n) is 7.17. The Hall–Kier alpha value is -2.82. The van der Waals surface area contributed by atoms with E-state index < -0.39 is 0 Å². The van der Waals surface area contributed by atoms with Crippen molar-refractivity contribution in [2.24, 2.45) is 4.99 Å². The molecular formula is C22H26N4O. The van der Waals surface area contributed by atoms with Crippen LogP contribution >= 0.6 is 0 Å². The molecular weight excluding hydrogens is 336 g/mol. The van der Waals surface area contributed by atoms with Crippen molar-refractivity contribution in [3.05, 3.63) is 65.2 Å². The van der Waals surface area contributed by atoms with Gasteiger partial charge in [-0.3, -0.25) is 9.79 Å². The number of nitrogens with one attached hydrogen (secondary N) is 1. The van der Waals surface area contributed by atoms with Crippen LogP contribution in [0.25, 0.3) is 0 Å². The predicted molar refractivity (Wildman–Crippen MR) is 109 cm³/mol. The molecule has 1 saturated heterocycles. The second kappa shape index (κ2) is 7.82. The molecule has 1 N–H and O–H groups in total. The molecule has 2 heterocycles. The summed E-state index contributed by atoms with van der Waals surface area (Å²) in [4.78, 5) is 20.4. The smallest absolute Gasteiger partial charge is 0.222 e. The SMILES string of the molecule is CN=C(NCc1ccc(CN2CCCC2=O)cc1)N1CCc2ccccc21. The van der Waals surface area contributed by atoms with E-state index in [0.29, 0.717) is 6.42 Å². The molecule has 0 radical (unpaired) electrons. The van der Waals surface area contributed by atoms with E-state index in [4.69, 9.17) is 0 Å². The molecule has 0 atom stereocenters. The van der Waals surface area contributed by atoms with Crippen molar-refractivity contribution in [3.8, 4) is 0 Å². The number of amides is 1. The third-order valence-electron chi connectivity index (χ3n) is 5.37. The van der Waals surface area contributed by atoms with Crippen LogP contribution in [0.4, 0.5) is 5.69 Å². The van der Waals surface area contributed by atoms with Crippen molar-refractivity contribution in [2.45, 2.75) is 32.4 Å². The number of anilines is 1. The van der Waals surface area contributed by atoms with E-state index in [1.54, 1.807) is 0 Å². The first-order chi connectivity index (χ1) is 13.2. The third-order valence-corrected chi connectivity index (χ3v) is 5.37. The van der Waals surface area contributed by atoms with Crippen LogP contribution in [0.2, 0.25) is 0 Å². The van der Waals surface area contributed by atoms with Crippen molar-refractivity contribution < 1.29 is 4.79 Å². The number of guanidine groups is 1. The quantitative estimate of drug-likeness (QED) is 0.672. The summed E-state index contributed by atoms with van der Waals surface area (Å²) in [5.74, 6) is 1.18. The number of fused-ring (bicyclic) bond motifs is 1. The van der Waals surface area contributed by atoms with E-state index in [9.17, 15) is 4.79 Å². The molecule has 1 fully saturated rings. The lowest BCUT2D eigenvalue weighted by atomic mass is 10.1. The molecule has 2 aliphatic rings. The Morgan fingerprint density at radius 1 is 1.04 bits per heavy atom. The zero-order valence-electron chi connectivity index (χ0n) is 15.8. The van der Waals surface area contributed by atoms with Gasteiger partial charge in [0.25, 0.3) is 0 Å². The van der Waals surface area contributed by atoms with Crippen LogP contribution in [0, 0.1) is 0 Å². The van der Waals surface area contributed by atoms with Crippen LogP contribution in [0.5, 0.6) is 0 Å². The van der Waals surface area contributed by atoms with Gasteiger partial charge in [-0.1, -0.05) is 42.5 Å². The lowest BCUT2D eigenvalue weighted by Crippen LogP contribution is -2.40. The molecule has 0 bridgehead atoms. The first kappa shape index (κ1) is 17.6. The maximum atomic E-state index is 11.8. The Bertz CT molecular complexity index is 844. The van der Waals surface area contributed by atoms with E-state index in [2.05, 4.69) is 63.7 Å². The van der Waals surface area contributed by atoms with Crippen molar-refractivity contribution in [1.82, 2.24) is 10.2 Å². The minimum atomic E-state index is 0.274. The zero-order chi connectivity index (χ0) is 18.6. The summed E-state index contributed by atoms with van der Waals surface area (Å²) >= 11 is 0. The normalized spacial score (nSPS) is 16.8. The van der Waals surface area contributed by atoms with Crippen molar-refractivity contribution >= 4 is 17.6 Å². The number of nitrogens with zero attached hydrogens (tertiary/aromatic N) is 3. The number of benzene rings is 2. The van der Waals surface area contributed by atoms with E-state index >= 15 is 0 Å². The lowest BCUT2D eigenvalue weighted by Gasteiger charge is -2.22. The lowest BCUT2D eigenvalue weighted by molar-refractivity contribution is -0.128. The number of carbonyl (C=O) groups excluding carboxylic acids is 1. The Kier molecular flexibility index (Phi) is 5.10. The highest BCUT2D eigenvalue weighted by Crippen LogP contribution is 2.27. The molecule has 2 aromatic carbocycles. The topological polar surface area (TPSA) is 47.9 Å². The van der Waals surface area contributed by atoms with Crippen molar-refractivity contribution in [3.63, 3.8) is 0 Å². The maximum absolute atomic E-state index is 11.8. The van der Waals surface area contributed by atoms with Gasteiger partial charge in [0.05, 0.1) is 0 Å². The molecule has 5 heteroatoms. The van der Waals surface area contributed by atoms with Gasteiger partial charge in [-0.15, -0.1) is 0 Å². The number of para-hydroxylation sites is 1. The molecule has 5 nitrogen and oxygen atoms in total. The van der Waals surface area contributed by atoms with Crippen LogP contribution in [0.1, 0.15) is 29.5 Å². The monoisotopic (exact) mass is 362 g/mol. The molecule has 2 aliphatic heterocycles. The minimum absolute atomic E-state index is 0.274. The fraction of sp³-hybridized carbons (Fsp3) is 0.364. The van der Waals surface area contributed by atoms with E-state index in [0.717, 1.165) is 45.0 Å². The van der Waals surface area contributed by atoms with Crippen LogP contribution < -0.4 is 10.2 Å². The largest absolute Gasteiger partial charge is 0.352 e. The highest BCUT2D eigenvalue weighted by atomic mass is 16.2. The van der Waals surface area contributed by atoms with Crippen molar-refractivity contribution in [2.75, 3.05) is 25.0 Å². The Morgan fingerprint density at radius 2 is 1.81 bits per heavy atom. The van der Waals surface area contributed by atoms with Gasteiger partial charge in [0.15, 0.2) is 5.96 Å². The molecule has 4 rings (SSSR count). The van der Waals surface area contributed by atoms with Gasteiger partial charge >= 0.3 is 0 Å². The number of aliphatic imine (C=N–C) groups is 1. The number of carbonyl (C=O) groups is 1. The highest BCUT2D eigenvalue weighted by Gasteiger charge is 2.22. The first-order valence-corrected chi connectivity index (χ1v) is 9.66. The molecule has 1 amide bonds. The average Bonchev–Trinajstić information content (AvgIpc) is 3.30. The summed E-state index contributed by atoms with van der Waals surface area (Å²) in [6.07, 6.45) is 2.74. The number of hydrogen-bond acceptors (Lipinski definition) is 2. The number of hydrogen-bond donors (Lipinski definition) is 1. The van der Waals surface area contributed by atoms with Crippen LogP contribution in [-0.4, -0.2) is 36.9 Å². The summed E-state index contributed by atoms with van der Waals surface area (Å²) in [7, 11) is 1.83. The summed E-state index contributed by atoms with van der Waals surface area (Å²) in [6.45, 7) is 3.30. The summed E-state index contributed by atoms with van der Waals surface area (Å²) in [6, 6.07) is 17.0. The van der Waals surface area contributed by atoms with Gasteiger partial charge < -0.3 is 15.1 Å². The summed E-state index contributed by atoms with van der Waals surface area (Å²) < 4.78 is 0. The molecule has 2 aromatic rings. The molecule has 0 aliphatic carbocycles. The van der Waals surface area contributed by atoms with Gasteiger partial charge in [0.1, 0.15) is 0 Å². The fourth-order valence-corrected chi connectivity index (χ4v) is 3.89. The van der Waals surface area contributed by atoms with Gasteiger partial charge in [-0.25, -0.2) is 0 Å². The highest BCUT2D eigenvalue weighted by molar-refractivity contribution is 5.97. The maximum Gasteiger partial charge on any atom is 0.222 e. The van der Waals surface area contributed by atoms with Crippen LogP contribution in [0.15, 0.2) is 53.5 Å². The zero-order valence-corrected chi connectivity index (χ0v) is 15.8. The van der Waals surface area contributed by atoms with Gasteiger partial charge in [-0.05, 0) is 35.6 Å². The Morgan fingerprint density at radius 3 is 2.56 bits per heavy atom. The average molecular weight is 362 g/mol. The first-order valence-electron chi connectivity index (χ1n) is 9.66. The molecule has 0 aromatic heterocycles. The van der Waals surface area contributed by atoms with Crippen LogP contribution in [0.3, 0.4) is 0 Å². The summed E-state index contributed by atoms with van der Waals surface area (Å²) in [5, 5.41) is 3.48. The molecule has 27 heavy (non-hydrogen) atoms. The van der Waals surface area contributed by atoms with E-state index in [1.165, 1.54) is 22.4 Å².